The van der Waals surface area contributed by atoms with Gasteiger partial charge in [-0.3, -0.25) is 19.3 Å². The van der Waals surface area contributed by atoms with Crippen LogP contribution >= 0.6 is 35.0 Å². The van der Waals surface area contributed by atoms with Gasteiger partial charge in [0.1, 0.15) is 18.1 Å². The number of benzene rings is 2. The molecule has 3 amide bonds. The Morgan fingerprint density at radius 1 is 1.06 bits per heavy atom. The molecule has 0 atom stereocenters. The highest BCUT2D eigenvalue weighted by Gasteiger charge is 2.36. The molecule has 3 aromatic rings. The number of halogens is 2. The fourth-order valence-corrected chi connectivity index (χ4v) is 4.22. The summed E-state index contributed by atoms with van der Waals surface area (Å²) in [6.45, 7) is -0.374. The standard InChI is InChI=1S/C22H14Cl2N2O4S/c23-13-6-8-16(17(24)10-13)18-9-7-15(30-18)11-19-21(28)26(22(29)31-19)12-20(27)25-14-4-2-1-3-5-14/h1-11H,12H2,(H,25,27)/b19-11-. The predicted molar refractivity (Wildman–Crippen MR) is 122 cm³/mol. The van der Waals surface area contributed by atoms with Gasteiger partial charge in [-0.15, -0.1) is 0 Å². The van der Waals surface area contributed by atoms with Gasteiger partial charge in [0, 0.05) is 22.3 Å². The van der Waals surface area contributed by atoms with E-state index >= 15 is 0 Å². The number of nitrogens with one attached hydrogen (secondary N) is 1. The molecule has 1 aliphatic rings. The lowest BCUT2D eigenvalue weighted by molar-refractivity contribution is -0.127. The molecule has 4 rings (SSSR count). The first-order valence-electron chi connectivity index (χ1n) is 9.06. The molecule has 1 saturated heterocycles. The number of thioether (sulfide) groups is 1. The maximum Gasteiger partial charge on any atom is 0.294 e. The minimum atomic E-state index is -0.555. The zero-order valence-corrected chi connectivity index (χ0v) is 18.1. The molecule has 0 radical (unpaired) electrons. The average molecular weight is 473 g/mol. The van der Waals surface area contributed by atoms with Crippen molar-refractivity contribution in [2.24, 2.45) is 0 Å². The Bertz CT molecular complexity index is 1210. The van der Waals surface area contributed by atoms with E-state index in [0.29, 0.717) is 32.8 Å². The third-order valence-corrected chi connectivity index (χ3v) is 5.78. The summed E-state index contributed by atoms with van der Waals surface area (Å²) >= 11 is 12.9. The molecule has 1 aromatic heterocycles. The third-order valence-electron chi connectivity index (χ3n) is 4.33. The molecule has 1 fully saturated rings. The number of carbonyl (C=O) groups excluding carboxylic acids is 3. The van der Waals surface area contributed by atoms with Crippen molar-refractivity contribution < 1.29 is 18.8 Å². The summed E-state index contributed by atoms with van der Waals surface area (Å²) in [7, 11) is 0. The first-order valence-corrected chi connectivity index (χ1v) is 10.6. The summed E-state index contributed by atoms with van der Waals surface area (Å²) in [6.07, 6.45) is 1.47. The SMILES string of the molecule is O=C(CN1C(=O)S/C(=C\c2ccc(-c3ccc(Cl)cc3Cl)o2)C1=O)Nc1ccccc1. The van der Waals surface area contributed by atoms with Crippen molar-refractivity contribution in [2.45, 2.75) is 0 Å². The van der Waals surface area contributed by atoms with E-state index in [4.69, 9.17) is 27.6 Å². The van der Waals surface area contributed by atoms with Gasteiger partial charge in [-0.05, 0) is 54.2 Å². The molecule has 2 heterocycles. The topological polar surface area (TPSA) is 79.6 Å². The van der Waals surface area contributed by atoms with E-state index in [1.54, 1.807) is 54.6 Å². The minimum Gasteiger partial charge on any atom is -0.457 e. The van der Waals surface area contributed by atoms with Gasteiger partial charge in [0.05, 0.1) is 9.93 Å². The van der Waals surface area contributed by atoms with Gasteiger partial charge in [0.15, 0.2) is 0 Å². The van der Waals surface area contributed by atoms with Crippen LogP contribution in [0.15, 0.2) is 70.0 Å². The van der Waals surface area contributed by atoms with Crippen molar-refractivity contribution in [3.05, 3.63) is 81.4 Å². The Morgan fingerprint density at radius 3 is 2.58 bits per heavy atom. The minimum absolute atomic E-state index is 0.167. The molecule has 156 valence electrons. The van der Waals surface area contributed by atoms with Crippen LogP contribution in [0.3, 0.4) is 0 Å². The zero-order chi connectivity index (χ0) is 22.0. The first kappa shape index (κ1) is 21.2. The number of imide groups is 1. The van der Waals surface area contributed by atoms with Gasteiger partial charge in [0.25, 0.3) is 11.1 Å². The Labute approximate surface area is 191 Å². The number of para-hydroxylation sites is 1. The lowest BCUT2D eigenvalue weighted by atomic mass is 10.2. The molecule has 0 saturated carbocycles. The molecule has 6 nitrogen and oxygen atoms in total. The molecule has 2 aromatic carbocycles. The highest BCUT2D eigenvalue weighted by Crippen LogP contribution is 2.35. The molecule has 9 heteroatoms. The maximum absolute atomic E-state index is 12.6. The second-order valence-electron chi connectivity index (χ2n) is 6.51. The van der Waals surface area contributed by atoms with E-state index in [2.05, 4.69) is 5.32 Å². The van der Waals surface area contributed by atoms with Crippen LogP contribution in [0.5, 0.6) is 0 Å². The molecule has 0 spiro atoms. The predicted octanol–water partition coefficient (Wildman–Crippen LogP) is 5.93. The molecule has 1 N–H and O–H groups in total. The van der Waals surface area contributed by atoms with Crippen LogP contribution in [0.25, 0.3) is 17.4 Å². The highest BCUT2D eigenvalue weighted by molar-refractivity contribution is 8.18. The normalized spacial score (nSPS) is 15.0. The number of nitrogens with zero attached hydrogens (tertiary/aromatic N) is 1. The van der Waals surface area contributed by atoms with E-state index in [-0.39, 0.29) is 11.4 Å². The van der Waals surface area contributed by atoms with Crippen molar-refractivity contribution in [3.8, 4) is 11.3 Å². The maximum atomic E-state index is 12.6. The molecule has 0 bridgehead atoms. The molecule has 1 aliphatic heterocycles. The Morgan fingerprint density at radius 2 is 1.84 bits per heavy atom. The summed E-state index contributed by atoms with van der Waals surface area (Å²) in [5, 5.41) is 3.06. The number of hydrogen-bond acceptors (Lipinski definition) is 5. The smallest absolute Gasteiger partial charge is 0.294 e. The largest absolute Gasteiger partial charge is 0.457 e. The van der Waals surface area contributed by atoms with Gasteiger partial charge >= 0.3 is 0 Å². The van der Waals surface area contributed by atoms with Crippen molar-refractivity contribution in [2.75, 3.05) is 11.9 Å². The Hall–Kier alpha value is -3.00. The van der Waals surface area contributed by atoms with E-state index in [1.165, 1.54) is 6.08 Å². The van der Waals surface area contributed by atoms with Gasteiger partial charge in [-0.25, -0.2) is 0 Å². The summed E-state index contributed by atoms with van der Waals surface area (Å²) in [5.74, 6) is -0.150. The van der Waals surface area contributed by atoms with Crippen molar-refractivity contribution >= 4 is 63.8 Å². The Kier molecular flexibility index (Phi) is 6.18. The fraction of sp³-hybridized carbons (Fsp3) is 0.0455. The summed E-state index contributed by atoms with van der Waals surface area (Å²) in [5.41, 5.74) is 1.23. The average Bonchev–Trinajstić information content (AvgIpc) is 3.29. The Balaban J connectivity index is 1.47. The van der Waals surface area contributed by atoms with Crippen LogP contribution in [0.2, 0.25) is 10.0 Å². The monoisotopic (exact) mass is 472 g/mol. The number of carbonyl (C=O) groups is 3. The molecular weight excluding hydrogens is 459 g/mol. The first-order chi connectivity index (χ1) is 14.9. The van der Waals surface area contributed by atoms with E-state index in [1.807, 2.05) is 6.07 Å². The molecular formula is C22H14Cl2N2O4S. The fourth-order valence-electron chi connectivity index (χ4n) is 2.90. The number of rotatable bonds is 5. The second-order valence-corrected chi connectivity index (χ2v) is 8.35. The van der Waals surface area contributed by atoms with Crippen molar-refractivity contribution in [1.29, 1.82) is 0 Å². The summed E-state index contributed by atoms with van der Waals surface area (Å²) in [6, 6.07) is 17.2. The number of amides is 3. The molecule has 0 unspecified atom stereocenters. The van der Waals surface area contributed by atoms with Crippen molar-refractivity contribution in [1.82, 2.24) is 4.90 Å². The van der Waals surface area contributed by atoms with Crippen LogP contribution in [0.4, 0.5) is 10.5 Å². The number of furan rings is 1. The molecule has 31 heavy (non-hydrogen) atoms. The van der Waals surface area contributed by atoms with Gasteiger partial charge < -0.3 is 9.73 Å². The van der Waals surface area contributed by atoms with Crippen LogP contribution in [-0.4, -0.2) is 28.5 Å². The lowest BCUT2D eigenvalue weighted by Gasteiger charge is -2.12. The lowest BCUT2D eigenvalue weighted by Crippen LogP contribution is -2.36. The highest BCUT2D eigenvalue weighted by atomic mass is 35.5. The van der Waals surface area contributed by atoms with Gasteiger partial charge in [-0.2, -0.15) is 0 Å². The third kappa shape index (κ3) is 4.85. The van der Waals surface area contributed by atoms with E-state index < -0.39 is 17.1 Å². The zero-order valence-electron chi connectivity index (χ0n) is 15.8. The number of hydrogen-bond donors (Lipinski definition) is 1. The van der Waals surface area contributed by atoms with Crippen LogP contribution in [-0.2, 0) is 9.59 Å². The molecule has 0 aliphatic carbocycles. The van der Waals surface area contributed by atoms with Gasteiger partial charge in [-0.1, -0.05) is 41.4 Å². The second kappa shape index (κ2) is 9.01. The van der Waals surface area contributed by atoms with E-state index in [9.17, 15) is 14.4 Å². The number of anilines is 1. The van der Waals surface area contributed by atoms with Crippen LogP contribution < -0.4 is 5.32 Å². The van der Waals surface area contributed by atoms with Crippen LogP contribution in [0, 0.1) is 0 Å². The quantitative estimate of drug-likeness (QED) is 0.465. The van der Waals surface area contributed by atoms with Gasteiger partial charge in [0.2, 0.25) is 5.91 Å². The van der Waals surface area contributed by atoms with Crippen LogP contribution in [0.1, 0.15) is 5.76 Å². The van der Waals surface area contributed by atoms with E-state index in [0.717, 1.165) is 16.7 Å². The summed E-state index contributed by atoms with van der Waals surface area (Å²) in [4.78, 5) is 38.2. The van der Waals surface area contributed by atoms with Crippen molar-refractivity contribution in [3.63, 3.8) is 0 Å². The summed E-state index contributed by atoms with van der Waals surface area (Å²) < 4.78 is 5.75.